The Morgan fingerprint density at radius 1 is 1.45 bits per heavy atom. The first kappa shape index (κ1) is 15.0. The monoisotopic (exact) mass is 319 g/mol. The zero-order valence-electron chi connectivity index (χ0n) is 13.2. The molecule has 1 unspecified atom stereocenters. The van der Waals surface area contributed by atoms with Crippen LogP contribution in [0, 0.1) is 13.8 Å². The molecule has 0 bridgehead atoms. The van der Waals surface area contributed by atoms with Crippen LogP contribution in [0.2, 0.25) is 0 Å². The summed E-state index contributed by atoms with van der Waals surface area (Å²) in [6.45, 7) is 5.78. The van der Waals surface area contributed by atoms with E-state index in [1.807, 2.05) is 19.2 Å². The molecule has 1 fully saturated rings. The van der Waals surface area contributed by atoms with E-state index in [0.717, 1.165) is 36.8 Å². The van der Waals surface area contributed by atoms with Gasteiger partial charge in [-0.25, -0.2) is 4.98 Å². The van der Waals surface area contributed by atoms with Crippen molar-refractivity contribution in [1.82, 2.24) is 20.1 Å². The summed E-state index contributed by atoms with van der Waals surface area (Å²) in [4.78, 5) is 20.3. The molecule has 0 aliphatic carbocycles. The third-order valence-corrected chi connectivity index (χ3v) is 4.84. The second kappa shape index (κ2) is 6.08. The third kappa shape index (κ3) is 3.14. The number of aryl methyl sites for hydroxylation is 3. The minimum atomic E-state index is -0.0507. The van der Waals surface area contributed by atoms with Gasteiger partial charge in [-0.3, -0.25) is 9.48 Å². The normalized spacial score (nSPS) is 18.5. The third-order valence-electron chi connectivity index (χ3n) is 3.87. The number of piperidine rings is 1. The van der Waals surface area contributed by atoms with Crippen LogP contribution in [0.1, 0.15) is 33.9 Å². The van der Waals surface area contributed by atoms with Crippen molar-refractivity contribution < 1.29 is 4.79 Å². The van der Waals surface area contributed by atoms with Gasteiger partial charge < -0.3 is 10.2 Å². The number of hydrogen-bond donors (Lipinski definition) is 1. The van der Waals surface area contributed by atoms with Crippen molar-refractivity contribution >= 4 is 22.4 Å². The molecule has 1 N–H and O–H groups in total. The quantitative estimate of drug-likeness (QED) is 0.938. The van der Waals surface area contributed by atoms with Crippen molar-refractivity contribution in [2.24, 2.45) is 7.05 Å². The smallest absolute Gasteiger partial charge is 0.269 e. The molecule has 7 heteroatoms. The van der Waals surface area contributed by atoms with E-state index in [2.05, 4.69) is 27.2 Å². The topological polar surface area (TPSA) is 63.1 Å². The van der Waals surface area contributed by atoms with Crippen LogP contribution in [0.15, 0.2) is 12.3 Å². The van der Waals surface area contributed by atoms with Crippen LogP contribution in [-0.2, 0) is 7.05 Å². The van der Waals surface area contributed by atoms with Crippen LogP contribution in [-0.4, -0.2) is 39.8 Å². The summed E-state index contributed by atoms with van der Waals surface area (Å²) in [5.74, 6) is -0.0507. The highest BCUT2D eigenvalue weighted by Crippen LogP contribution is 2.25. The summed E-state index contributed by atoms with van der Waals surface area (Å²) in [6, 6.07) is 1.97. The molecule has 22 heavy (non-hydrogen) atoms. The average Bonchev–Trinajstić information content (AvgIpc) is 3.05. The summed E-state index contributed by atoms with van der Waals surface area (Å²) in [7, 11) is 1.80. The van der Waals surface area contributed by atoms with Crippen LogP contribution in [0.4, 0.5) is 5.13 Å². The lowest BCUT2D eigenvalue weighted by atomic mass is 10.1. The summed E-state index contributed by atoms with van der Waals surface area (Å²) >= 11 is 1.71. The molecule has 1 saturated heterocycles. The molecule has 0 spiro atoms. The fraction of sp³-hybridized carbons (Fsp3) is 0.533. The maximum Gasteiger partial charge on any atom is 0.269 e. The van der Waals surface area contributed by atoms with Crippen LogP contribution in [0.25, 0.3) is 0 Å². The molecule has 2 aromatic rings. The van der Waals surface area contributed by atoms with Crippen LogP contribution in [0.3, 0.4) is 0 Å². The first-order valence-corrected chi connectivity index (χ1v) is 8.33. The van der Waals surface area contributed by atoms with E-state index in [1.165, 1.54) is 4.88 Å². The SMILES string of the molecule is Cc1cc(C(=O)NC2CCCN(c3ncc(C)s3)C2)n(C)n1. The van der Waals surface area contributed by atoms with Crippen LogP contribution >= 0.6 is 11.3 Å². The van der Waals surface area contributed by atoms with E-state index < -0.39 is 0 Å². The highest BCUT2D eigenvalue weighted by molar-refractivity contribution is 7.15. The van der Waals surface area contributed by atoms with E-state index in [-0.39, 0.29) is 11.9 Å². The summed E-state index contributed by atoms with van der Waals surface area (Å²) < 4.78 is 1.63. The molecule has 1 aliphatic heterocycles. The van der Waals surface area contributed by atoms with Gasteiger partial charge in [0.25, 0.3) is 5.91 Å². The van der Waals surface area contributed by atoms with E-state index in [9.17, 15) is 4.79 Å². The van der Waals surface area contributed by atoms with Crippen molar-refractivity contribution in [1.29, 1.82) is 0 Å². The molecule has 118 valence electrons. The Balaban J connectivity index is 1.65. The summed E-state index contributed by atoms with van der Waals surface area (Å²) in [5, 5.41) is 8.41. The minimum Gasteiger partial charge on any atom is -0.346 e. The van der Waals surface area contributed by atoms with Crippen molar-refractivity contribution in [3.8, 4) is 0 Å². The number of rotatable bonds is 3. The highest BCUT2D eigenvalue weighted by Gasteiger charge is 2.24. The minimum absolute atomic E-state index is 0.0507. The number of thiazole rings is 1. The summed E-state index contributed by atoms with van der Waals surface area (Å²) in [5.41, 5.74) is 1.47. The second-order valence-corrected chi connectivity index (χ2v) is 7.02. The molecule has 6 nitrogen and oxygen atoms in total. The zero-order valence-corrected chi connectivity index (χ0v) is 14.0. The largest absolute Gasteiger partial charge is 0.346 e. The van der Waals surface area contributed by atoms with Gasteiger partial charge in [0.05, 0.1) is 5.69 Å². The zero-order chi connectivity index (χ0) is 15.7. The standard InChI is InChI=1S/C15H21N5OS/c1-10-7-13(19(3)18-10)14(21)17-12-5-4-6-20(9-12)15-16-8-11(2)22-15/h7-8,12H,4-6,9H2,1-3H3,(H,17,21). The molecular formula is C15H21N5OS. The fourth-order valence-electron chi connectivity index (χ4n) is 2.84. The van der Waals surface area contributed by atoms with Crippen LogP contribution < -0.4 is 10.2 Å². The molecular weight excluding hydrogens is 298 g/mol. The van der Waals surface area contributed by atoms with E-state index in [1.54, 1.807) is 23.1 Å². The number of aromatic nitrogens is 3. The average molecular weight is 319 g/mol. The highest BCUT2D eigenvalue weighted by atomic mass is 32.1. The van der Waals surface area contributed by atoms with Gasteiger partial charge in [-0.2, -0.15) is 5.10 Å². The Bertz CT molecular complexity index is 677. The van der Waals surface area contributed by atoms with Crippen molar-refractivity contribution in [3.05, 3.63) is 28.5 Å². The molecule has 2 aromatic heterocycles. The Kier molecular flexibility index (Phi) is 4.15. The Labute approximate surface area is 134 Å². The lowest BCUT2D eigenvalue weighted by molar-refractivity contribution is 0.0923. The predicted molar refractivity (Wildman–Crippen MR) is 87.5 cm³/mol. The number of amides is 1. The number of nitrogens with one attached hydrogen (secondary N) is 1. The number of anilines is 1. The summed E-state index contributed by atoms with van der Waals surface area (Å²) in [6.07, 6.45) is 3.97. The van der Waals surface area contributed by atoms with E-state index in [4.69, 9.17) is 0 Å². The maximum atomic E-state index is 12.4. The van der Waals surface area contributed by atoms with Gasteiger partial charge in [-0.15, -0.1) is 11.3 Å². The first-order chi connectivity index (χ1) is 10.5. The van der Waals surface area contributed by atoms with Gasteiger partial charge in [-0.05, 0) is 32.8 Å². The van der Waals surface area contributed by atoms with E-state index >= 15 is 0 Å². The predicted octanol–water partition coefficient (Wildman–Crippen LogP) is 1.89. The first-order valence-electron chi connectivity index (χ1n) is 7.52. The van der Waals surface area contributed by atoms with Crippen molar-refractivity contribution in [2.75, 3.05) is 18.0 Å². The number of carbonyl (C=O) groups excluding carboxylic acids is 1. The van der Waals surface area contributed by atoms with Gasteiger partial charge >= 0.3 is 0 Å². The molecule has 3 heterocycles. The Morgan fingerprint density at radius 3 is 2.91 bits per heavy atom. The molecule has 0 radical (unpaired) electrons. The molecule has 3 rings (SSSR count). The van der Waals surface area contributed by atoms with Crippen LogP contribution in [0.5, 0.6) is 0 Å². The van der Waals surface area contributed by atoms with Crippen molar-refractivity contribution in [2.45, 2.75) is 32.7 Å². The lowest BCUT2D eigenvalue weighted by Crippen LogP contribution is -2.48. The number of carbonyl (C=O) groups is 1. The van der Waals surface area contributed by atoms with E-state index in [0.29, 0.717) is 5.69 Å². The fourth-order valence-corrected chi connectivity index (χ4v) is 3.63. The second-order valence-electron chi connectivity index (χ2n) is 5.81. The Hall–Kier alpha value is -1.89. The van der Waals surface area contributed by atoms with Gasteiger partial charge in [-0.1, -0.05) is 0 Å². The maximum absolute atomic E-state index is 12.4. The Morgan fingerprint density at radius 2 is 2.27 bits per heavy atom. The van der Waals surface area contributed by atoms with Gasteiger partial charge in [0.2, 0.25) is 0 Å². The lowest BCUT2D eigenvalue weighted by Gasteiger charge is -2.32. The number of nitrogens with zero attached hydrogens (tertiary/aromatic N) is 4. The molecule has 1 amide bonds. The number of hydrogen-bond acceptors (Lipinski definition) is 5. The van der Waals surface area contributed by atoms with Gasteiger partial charge in [0, 0.05) is 37.3 Å². The molecule has 1 atom stereocenters. The molecule has 1 aliphatic rings. The van der Waals surface area contributed by atoms with Gasteiger partial charge in [0.15, 0.2) is 5.13 Å². The molecule has 0 saturated carbocycles. The van der Waals surface area contributed by atoms with Crippen molar-refractivity contribution in [3.63, 3.8) is 0 Å². The van der Waals surface area contributed by atoms with Gasteiger partial charge in [0.1, 0.15) is 5.69 Å². The molecule has 0 aromatic carbocycles.